The number of carbonyl (C=O) groups is 3. The second-order valence-corrected chi connectivity index (χ2v) is 6.03. The van der Waals surface area contributed by atoms with Gasteiger partial charge in [0, 0.05) is 0 Å². The molecule has 0 saturated carbocycles. The van der Waals surface area contributed by atoms with E-state index >= 15 is 0 Å². The van der Waals surface area contributed by atoms with Crippen LogP contribution in [0.4, 0.5) is 0 Å². The van der Waals surface area contributed by atoms with Gasteiger partial charge >= 0.3 is 17.9 Å². The molecule has 9 nitrogen and oxygen atoms in total. The lowest BCUT2D eigenvalue weighted by Crippen LogP contribution is -2.44. The van der Waals surface area contributed by atoms with Crippen LogP contribution in [0.3, 0.4) is 0 Å². The molecular weight excluding hydrogens is 318 g/mol. The molecule has 0 aliphatic heterocycles. The first-order valence-electron chi connectivity index (χ1n) is 7.79. The summed E-state index contributed by atoms with van der Waals surface area (Å²) in [5.41, 5.74) is 16.1. The zero-order chi connectivity index (χ0) is 19.6. The van der Waals surface area contributed by atoms with Crippen molar-refractivity contribution in [3.05, 3.63) is 0 Å². The lowest BCUT2D eigenvalue weighted by Gasteiger charge is -2.18. The van der Waals surface area contributed by atoms with E-state index in [0.29, 0.717) is 0 Å². The molecule has 0 amide bonds. The summed E-state index contributed by atoms with van der Waals surface area (Å²) >= 11 is 0. The maximum absolute atomic E-state index is 11.5. The number of rotatable bonds is 7. The van der Waals surface area contributed by atoms with Crippen LogP contribution in [-0.4, -0.2) is 52.4 Å². The van der Waals surface area contributed by atoms with Crippen LogP contribution >= 0.6 is 0 Å². The van der Waals surface area contributed by atoms with E-state index in [1.54, 1.807) is 13.8 Å². The van der Waals surface area contributed by atoms with Crippen molar-refractivity contribution in [2.24, 2.45) is 29.0 Å². The Morgan fingerprint density at radius 2 is 1.33 bits per heavy atom. The molecule has 0 radical (unpaired) electrons. The molecular formula is C15H31N3O6. The van der Waals surface area contributed by atoms with Crippen molar-refractivity contribution in [3.63, 3.8) is 0 Å². The molecule has 0 aliphatic carbocycles. The Balaban J connectivity index is 0. The molecule has 0 saturated heterocycles. The van der Waals surface area contributed by atoms with Crippen molar-refractivity contribution in [2.75, 3.05) is 0 Å². The van der Waals surface area contributed by atoms with Gasteiger partial charge < -0.3 is 32.2 Å². The van der Waals surface area contributed by atoms with E-state index < -0.39 is 42.1 Å². The van der Waals surface area contributed by atoms with Gasteiger partial charge in [0.25, 0.3) is 0 Å². The van der Waals surface area contributed by atoms with Crippen molar-refractivity contribution < 1.29 is 29.3 Å². The Bertz CT molecular complexity index is 414. The molecule has 24 heavy (non-hydrogen) atoms. The predicted octanol–water partition coefficient (Wildman–Crippen LogP) is -0.808. The number of hydrogen-bond donors (Lipinski definition) is 5. The first-order valence-corrected chi connectivity index (χ1v) is 7.79. The lowest BCUT2D eigenvalue weighted by molar-refractivity contribution is -0.163. The fourth-order valence-corrected chi connectivity index (χ4v) is 1.20. The van der Waals surface area contributed by atoms with Crippen LogP contribution in [0.2, 0.25) is 0 Å². The fraction of sp³-hybridized carbons (Fsp3) is 0.800. The number of aliphatic hydroxyl groups is 1. The molecule has 0 rings (SSSR count). The summed E-state index contributed by atoms with van der Waals surface area (Å²) in [6.07, 6.45) is -0.228. The first-order chi connectivity index (χ1) is 10.9. The highest BCUT2D eigenvalue weighted by atomic mass is 16.6. The Hall–Kier alpha value is -1.55. The maximum atomic E-state index is 11.5. The van der Waals surface area contributed by atoms with Gasteiger partial charge in [0.05, 0.1) is 6.10 Å². The van der Waals surface area contributed by atoms with Crippen LogP contribution < -0.4 is 17.2 Å². The van der Waals surface area contributed by atoms with Crippen LogP contribution in [0.1, 0.15) is 41.0 Å². The maximum Gasteiger partial charge on any atom is 0.330 e. The van der Waals surface area contributed by atoms with Gasteiger partial charge in [-0.05, 0) is 18.8 Å². The van der Waals surface area contributed by atoms with Gasteiger partial charge in [-0.3, -0.25) is 4.79 Å². The van der Waals surface area contributed by atoms with Gasteiger partial charge in [0.1, 0.15) is 18.1 Å². The Labute approximate surface area is 142 Å². The second-order valence-electron chi connectivity index (χ2n) is 6.03. The molecule has 0 aromatic rings. The molecule has 0 aromatic carbocycles. The third-order valence-electron chi connectivity index (χ3n) is 3.53. The van der Waals surface area contributed by atoms with Crippen LogP contribution in [0.25, 0.3) is 0 Å². The Morgan fingerprint density at radius 1 is 0.917 bits per heavy atom. The zero-order valence-electron chi connectivity index (χ0n) is 14.9. The average molecular weight is 349 g/mol. The van der Waals surface area contributed by atoms with Crippen molar-refractivity contribution in [3.8, 4) is 0 Å². The van der Waals surface area contributed by atoms with E-state index in [2.05, 4.69) is 4.74 Å². The summed E-state index contributed by atoms with van der Waals surface area (Å²) in [5, 5.41) is 16.6. The van der Waals surface area contributed by atoms with Crippen LogP contribution in [0.5, 0.6) is 0 Å². The van der Waals surface area contributed by atoms with Crippen LogP contribution in [0.15, 0.2) is 0 Å². The number of esters is 2. The smallest absolute Gasteiger partial charge is 0.330 e. The van der Waals surface area contributed by atoms with E-state index in [1.807, 2.05) is 13.8 Å². The van der Waals surface area contributed by atoms with Crippen molar-refractivity contribution >= 4 is 17.9 Å². The predicted molar refractivity (Wildman–Crippen MR) is 88.6 cm³/mol. The van der Waals surface area contributed by atoms with Gasteiger partial charge in [0.2, 0.25) is 0 Å². The highest BCUT2D eigenvalue weighted by Crippen LogP contribution is 2.08. The standard InChI is InChI=1S/C11H22N2O3.C4H9NO3/c1-5-7(4)9(13)11(15)16-10(14)8(12)6(2)3;1-2(6)3(5)4(7)8/h6-9H,5,12-13H2,1-4H3;2-3,6H,5H2,1H3,(H,7,8)/t7-,8-,9-;2-,3+/m01/s1. The summed E-state index contributed by atoms with van der Waals surface area (Å²) < 4.78 is 4.63. The van der Waals surface area contributed by atoms with Crippen molar-refractivity contribution in [2.45, 2.75) is 65.3 Å². The molecule has 142 valence electrons. The highest BCUT2D eigenvalue weighted by Gasteiger charge is 2.27. The largest absolute Gasteiger partial charge is 0.480 e. The lowest BCUT2D eigenvalue weighted by atomic mass is 10.0. The molecule has 0 spiro atoms. The van der Waals surface area contributed by atoms with Crippen molar-refractivity contribution in [1.82, 2.24) is 0 Å². The quantitative estimate of drug-likeness (QED) is 0.290. The van der Waals surface area contributed by atoms with Crippen LogP contribution in [0, 0.1) is 11.8 Å². The minimum atomic E-state index is -1.18. The summed E-state index contributed by atoms with van der Waals surface area (Å²) in [6, 6.07) is -2.71. The third kappa shape index (κ3) is 9.56. The molecule has 0 fully saturated rings. The van der Waals surface area contributed by atoms with E-state index in [9.17, 15) is 14.4 Å². The van der Waals surface area contributed by atoms with Gasteiger partial charge in [-0.1, -0.05) is 34.1 Å². The number of carboxylic acid groups (broad SMARTS) is 1. The monoisotopic (exact) mass is 349 g/mol. The average Bonchev–Trinajstić information content (AvgIpc) is 2.51. The normalized spacial score (nSPS) is 16.9. The van der Waals surface area contributed by atoms with Gasteiger partial charge in [-0.25, -0.2) is 9.59 Å². The van der Waals surface area contributed by atoms with E-state index in [1.165, 1.54) is 6.92 Å². The van der Waals surface area contributed by atoms with Crippen molar-refractivity contribution in [1.29, 1.82) is 0 Å². The minimum absolute atomic E-state index is 0.0180. The number of ether oxygens (including phenoxy) is 1. The number of aliphatic hydroxyl groups excluding tert-OH is 1. The van der Waals surface area contributed by atoms with Gasteiger partial charge in [-0.2, -0.15) is 0 Å². The fourth-order valence-electron chi connectivity index (χ4n) is 1.20. The first kappa shape index (κ1) is 24.7. The van der Waals surface area contributed by atoms with Crippen LogP contribution in [-0.2, 0) is 19.1 Å². The summed E-state index contributed by atoms with van der Waals surface area (Å²) in [7, 11) is 0. The summed E-state index contributed by atoms with van der Waals surface area (Å²) in [4.78, 5) is 32.7. The van der Waals surface area contributed by atoms with Gasteiger partial charge in [-0.15, -0.1) is 0 Å². The molecule has 0 heterocycles. The topological polar surface area (TPSA) is 179 Å². The Morgan fingerprint density at radius 3 is 1.58 bits per heavy atom. The second kappa shape index (κ2) is 11.9. The molecule has 0 aliphatic rings. The SMILES string of the molecule is CC[C@H](C)[C@H](N)C(=O)OC(=O)[C@@H](N)C(C)C.C[C@@H](O)[C@H](N)C(=O)O. The summed E-state index contributed by atoms with van der Waals surface area (Å²) in [5.74, 6) is -2.68. The zero-order valence-corrected chi connectivity index (χ0v) is 14.9. The number of aliphatic carboxylic acids is 1. The number of nitrogens with two attached hydrogens (primary N) is 3. The Kier molecular flexibility index (Phi) is 12.3. The molecule has 9 heteroatoms. The number of carboxylic acids is 1. The van der Waals surface area contributed by atoms with E-state index in [4.69, 9.17) is 27.4 Å². The molecule has 5 atom stereocenters. The van der Waals surface area contributed by atoms with Gasteiger partial charge in [0.15, 0.2) is 0 Å². The molecule has 0 unspecified atom stereocenters. The van der Waals surface area contributed by atoms with E-state index in [0.717, 1.165) is 6.42 Å². The number of carbonyl (C=O) groups excluding carboxylic acids is 2. The highest BCUT2D eigenvalue weighted by molar-refractivity contribution is 5.90. The minimum Gasteiger partial charge on any atom is -0.480 e. The third-order valence-corrected chi connectivity index (χ3v) is 3.53. The molecule has 8 N–H and O–H groups in total. The molecule has 0 bridgehead atoms. The number of hydrogen-bond acceptors (Lipinski definition) is 8. The van der Waals surface area contributed by atoms with E-state index in [-0.39, 0.29) is 11.8 Å². The molecule has 0 aromatic heterocycles. The summed E-state index contributed by atoms with van der Waals surface area (Å²) in [6.45, 7) is 8.65.